The minimum atomic E-state index is 0.112. The summed E-state index contributed by atoms with van der Waals surface area (Å²) in [5.74, 6) is 0.909. The highest BCUT2D eigenvalue weighted by Gasteiger charge is 2.29. The molecule has 2 rings (SSSR count). The third-order valence-corrected chi connectivity index (χ3v) is 3.22. The van der Waals surface area contributed by atoms with Crippen LogP contribution in [0.5, 0.6) is 5.75 Å². The summed E-state index contributed by atoms with van der Waals surface area (Å²) in [6.45, 7) is 2.72. The number of hydrogen-bond donors (Lipinski definition) is 0. The van der Waals surface area contributed by atoms with Crippen molar-refractivity contribution in [2.75, 3.05) is 18.6 Å². The molecule has 0 N–H and O–H groups in total. The zero-order valence-electron chi connectivity index (χ0n) is 9.37. The van der Waals surface area contributed by atoms with E-state index in [2.05, 4.69) is 0 Å². The summed E-state index contributed by atoms with van der Waals surface area (Å²) in [4.78, 5) is 13.6. The molecule has 86 valence electrons. The maximum Gasteiger partial charge on any atom is 0.229 e. The van der Waals surface area contributed by atoms with Crippen molar-refractivity contribution >= 4 is 23.2 Å². The number of benzene rings is 1. The van der Waals surface area contributed by atoms with Gasteiger partial charge in [0.25, 0.3) is 0 Å². The average molecular weight is 240 g/mol. The van der Waals surface area contributed by atoms with Crippen LogP contribution < -0.4 is 9.64 Å². The zero-order chi connectivity index (χ0) is 11.7. The molecule has 1 saturated heterocycles. The van der Waals surface area contributed by atoms with Crippen molar-refractivity contribution in [2.45, 2.75) is 13.3 Å². The Morgan fingerprint density at radius 1 is 1.50 bits per heavy atom. The number of nitrogens with zero attached hydrogens (tertiary/aromatic N) is 1. The molecule has 1 heterocycles. The Labute approximate surface area is 100.0 Å². The highest BCUT2D eigenvalue weighted by molar-refractivity contribution is 6.32. The summed E-state index contributed by atoms with van der Waals surface area (Å²) in [5.41, 5.74) is 0.847. The topological polar surface area (TPSA) is 29.5 Å². The lowest BCUT2D eigenvalue weighted by atomic mass is 10.1. The maximum absolute atomic E-state index is 11.8. The largest absolute Gasteiger partial charge is 0.495 e. The predicted molar refractivity (Wildman–Crippen MR) is 64.1 cm³/mol. The lowest BCUT2D eigenvalue weighted by molar-refractivity contribution is -0.119. The lowest BCUT2D eigenvalue weighted by Gasteiger charge is -2.17. The number of rotatable bonds is 2. The fourth-order valence-electron chi connectivity index (χ4n) is 1.90. The Morgan fingerprint density at radius 2 is 2.25 bits per heavy atom. The number of carbonyl (C=O) groups is 1. The van der Waals surface area contributed by atoms with Crippen LogP contribution in [-0.4, -0.2) is 19.6 Å². The van der Waals surface area contributed by atoms with Gasteiger partial charge < -0.3 is 9.64 Å². The first-order chi connectivity index (χ1) is 7.63. The maximum atomic E-state index is 11.8. The Hall–Kier alpha value is -1.22. The summed E-state index contributed by atoms with van der Waals surface area (Å²) < 4.78 is 5.08. The van der Waals surface area contributed by atoms with Crippen LogP contribution in [0.3, 0.4) is 0 Å². The van der Waals surface area contributed by atoms with Gasteiger partial charge in [-0.25, -0.2) is 0 Å². The van der Waals surface area contributed by atoms with Crippen molar-refractivity contribution in [3.05, 3.63) is 23.2 Å². The van der Waals surface area contributed by atoms with Gasteiger partial charge in [0.05, 0.1) is 12.1 Å². The second-order valence-corrected chi connectivity index (χ2v) is 4.41. The van der Waals surface area contributed by atoms with Gasteiger partial charge in [-0.15, -0.1) is 0 Å². The van der Waals surface area contributed by atoms with Crippen molar-refractivity contribution in [1.29, 1.82) is 0 Å². The van der Waals surface area contributed by atoms with Crippen LogP contribution in [-0.2, 0) is 4.79 Å². The molecule has 4 heteroatoms. The molecule has 1 aromatic carbocycles. The molecular weight excluding hydrogens is 226 g/mol. The molecule has 0 saturated carbocycles. The molecule has 1 fully saturated rings. The summed E-state index contributed by atoms with van der Waals surface area (Å²) in [5, 5.41) is 0.535. The number of halogens is 1. The summed E-state index contributed by atoms with van der Waals surface area (Å²) in [6, 6.07) is 5.42. The summed E-state index contributed by atoms with van der Waals surface area (Å²) in [6.07, 6.45) is 0.905. The predicted octanol–water partition coefficient (Wildman–Crippen LogP) is 2.72. The van der Waals surface area contributed by atoms with Gasteiger partial charge in [-0.1, -0.05) is 18.5 Å². The lowest BCUT2D eigenvalue weighted by Crippen LogP contribution is -2.26. The van der Waals surface area contributed by atoms with E-state index in [1.165, 1.54) is 0 Å². The van der Waals surface area contributed by atoms with E-state index in [4.69, 9.17) is 16.3 Å². The third kappa shape index (κ3) is 1.87. The van der Waals surface area contributed by atoms with Crippen LogP contribution in [0.25, 0.3) is 0 Å². The minimum absolute atomic E-state index is 0.112. The molecule has 0 bridgehead atoms. The number of amides is 1. The fraction of sp³-hybridized carbons (Fsp3) is 0.417. The second-order valence-electron chi connectivity index (χ2n) is 4.00. The van der Waals surface area contributed by atoms with Gasteiger partial charge in [0.1, 0.15) is 5.75 Å². The van der Waals surface area contributed by atoms with Crippen molar-refractivity contribution < 1.29 is 9.53 Å². The molecule has 1 atom stereocenters. The number of ether oxygens (including phenoxy) is 1. The van der Waals surface area contributed by atoms with E-state index in [-0.39, 0.29) is 11.8 Å². The Bertz CT molecular complexity index is 419. The van der Waals surface area contributed by atoms with Crippen molar-refractivity contribution in [2.24, 2.45) is 5.92 Å². The highest BCUT2D eigenvalue weighted by atomic mass is 35.5. The van der Waals surface area contributed by atoms with Gasteiger partial charge in [0.2, 0.25) is 5.91 Å². The van der Waals surface area contributed by atoms with Crippen LogP contribution >= 0.6 is 11.6 Å². The SMILES string of the molecule is COc1ccc(N2CCC(C)C2=O)cc1Cl. The summed E-state index contributed by atoms with van der Waals surface area (Å²) in [7, 11) is 1.57. The van der Waals surface area contributed by atoms with Gasteiger partial charge in [0, 0.05) is 18.2 Å². The Morgan fingerprint density at radius 3 is 2.75 bits per heavy atom. The molecule has 1 amide bonds. The van der Waals surface area contributed by atoms with E-state index in [0.29, 0.717) is 10.8 Å². The van der Waals surface area contributed by atoms with Gasteiger partial charge >= 0.3 is 0 Å². The first kappa shape index (κ1) is 11.3. The number of methoxy groups -OCH3 is 1. The number of carbonyl (C=O) groups excluding carboxylic acids is 1. The molecule has 1 unspecified atom stereocenters. The van der Waals surface area contributed by atoms with Crippen LogP contribution in [0.2, 0.25) is 5.02 Å². The zero-order valence-corrected chi connectivity index (χ0v) is 10.1. The molecule has 16 heavy (non-hydrogen) atoms. The Balaban J connectivity index is 2.28. The van der Waals surface area contributed by atoms with Crippen molar-refractivity contribution in [3.63, 3.8) is 0 Å². The van der Waals surface area contributed by atoms with Crippen LogP contribution in [0.4, 0.5) is 5.69 Å². The van der Waals surface area contributed by atoms with Gasteiger partial charge in [0.15, 0.2) is 0 Å². The average Bonchev–Trinajstić information content (AvgIpc) is 2.60. The molecule has 1 aliphatic heterocycles. The van der Waals surface area contributed by atoms with Gasteiger partial charge in [-0.2, -0.15) is 0 Å². The van der Waals surface area contributed by atoms with Crippen LogP contribution in [0.15, 0.2) is 18.2 Å². The number of hydrogen-bond acceptors (Lipinski definition) is 2. The van der Waals surface area contributed by atoms with Crippen molar-refractivity contribution in [1.82, 2.24) is 0 Å². The summed E-state index contributed by atoms with van der Waals surface area (Å²) >= 11 is 6.03. The van der Waals surface area contributed by atoms with Crippen LogP contribution in [0.1, 0.15) is 13.3 Å². The normalized spacial score (nSPS) is 20.3. The molecule has 0 aliphatic carbocycles. The smallest absolute Gasteiger partial charge is 0.229 e. The quantitative estimate of drug-likeness (QED) is 0.794. The Kier molecular flexibility index (Phi) is 3.06. The van der Waals surface area contributed by atoms with Crippen LogP contribution in [0, 0.1) is 5.92 Å². The minimum Gasteiger partial charge on any atom is -0.495 e. The van der Waals surface area contributed by atoms with Crippen molar-refractivity contribution in [3.8, 4) is 5.75 Å². The van der Waals surface area contributed by atoms with E-state index < -0.39 is 0 Å². The molecule has 3 nitrogen and oxygen atoms in total. The van der Waals surface area contributed by atoms with E-state index in [1.54, 1.807) is 24.1 Å². The molecule has 0 aromatic heterocycles. The monoisotopic (exact) mass is 239 g/mol. The first-order valence-corrected chi connectivity index (χ1v) is 5.66. The van der Waals surface area contributed by atoms with E-state index >= 15 is 0 Å². The molecule has 0 radical (unpaired) electrons. The fourth-order valence-corrected chi connectivity index (χ4v) is 2.15. The highest BCUT2D eigenvalue weighted by Crippen LogP contribution is 2.32. The van der Waals surface area contributed by atoms with E-state index in [1.807, 2.05) is 13.0 Å². The first-order valence-electron chi connectivity index (χ1n) is 5.28. The van der Waals surface area contributed by atoms with Gasteiger partial charge in [-0.05, 0) is 24.6 Å². The molecular formula is C12H14ClNO2. The van der Waals surface area contributed by atoms with Gasteiger partial charge in [-0.3, -0.25) is 4.79 Å². The molecule has 1 aliphatic rings. The third-order valence-electron chi connectivity index (χ3n) is 2.92. The number of anilines is 1. The van der Waals surface area contributed by atoms with E-state index in [0.717, 1.165) is 18.7 Å². The standard InChI is InChI=1S/C12H14ClNO2/c1-8-5-6-14(12(8)15)9-3-4-11(16-2)10(13)7-9/h3-4,7-8H,5-6H2,1-2H3. The molecule has 1 aromatic rings. The molecule has 0 spiro atoms. The second kappa shape index (κ2) is 4.34. The van der Waals surface area contributed by atoms with E-state index in [9.17, 15) is 4.79 Å².